The van der Waals surface area contributed by atoms with Crippen LogP contribution in [-0.4, -0.2) is 39.6 Å². The van der Waals surface area contributed by atoms with Crippen LogP contribution in [0.2, 0.25) is 5.15 Å². The number of nitrogens with zero attached hydrogens (tertiary/aromatic N) is 4. The Morgan fingerprint density at radius 3 is 3.10 bits per heavy atom. The first kappa shape index (κ1) is 13.2. The number of amides is 1. The summed E-state index contributed by atoms with van der Waals surface area (Å²) in [6, 6.07) is 2.01. The second-order valence-corrected chi connectivity index (χ2v) is 5.52. The molecule has 0 bridgehead atoms. The maximum atomic E-state index is 11.1. The maximum absolute atomic E-state index is 11.1. The van der Waals surface area contributed by atoms with Gasteiger partial charge in [0.1, 0.15) is 0 Å². The highest BCUT2D eigenvalue weighted by Gasteiger charge is 2.25. The summed E-state index contributed by atoms with van der Waals surface area (Å²) < 4.78 is 1.71. The van der Waals surface area contributed by atoms with Crippen molar-refractivity contribution in [2.24, 2.45) is 0 Å². The molecule has 3 heterocycles. The summed E-state index contributed by atoms with van der Waals surface area (Å²) in [4.78, 5) is 17.8. The molecule has 6 nitrogen and oxygen atoms in total. The monoisotopic (exact) mass is 293 g/mol. The summed E-state index contributed by atoms with van der Waals surface area (Å²) in [6.07, 6.45) is 2.78. The highest BCUT2D eigenvalue weighted by molar-refractivity contribution is 6.29. The lowest BCUT2D eigenvalue weighted by Gasteiger charge is -2.19. The van der Waals surface area contributed by atoms with E-state index in [0.717, 1.165) is 36.5 Å². The van der Waals surface area contributed by atoms with E-state index in [-0.39, 0.29) is 11.9 Å². The molecule has 3 rings (SSSR count). The number of imidazole rings is 1. The minimum absolute atomic E-state index is 0.00594. The van der Waals surface area contributed by atoms with E-state index in [1.165, 1.54) is 0 Å². The first-order valence-corrected chi connectivity index (χ1v) is 6.95. The van der Waals surface area contributed by atoms with Crippen LogP contribution < -0.4 is 10.2 Å². The molecule has 0 aromatic carbocycles. The number of aromatic nitrogens is 3. The summed E-state index contributed by atoms with van der Waals surface area (Å²) >= 11 is 6.08. The average Bonchev–Trinajstić information content (AvgIpc) is 2.93. The molecule has 0 unspecified atom stereocenters. The van der Waals surface area contributed by atoms with Crippen molar-refractivity contribution in [1.82, 2.24) is 19.9 Å². The van der Waals surface area contributed by atoms with Crippen molar-refractivity contribution >= 4 is 28.8 Å². The maximum Gasteiger partial charge on any atom is 0.217 e. The Morgan fingerprint density at radius 1 is 1.55 bits per heavy atom. The van der Waals surface area contributed by atoms with E-state index in [1.54, 1.807) is 11.4 Å². The van der Waals surface area contributed by atoms with E-state index in [9.17, 15) is 4.79 Å². The van der Waals surface area contributed by atoms with Gasteiger partial charge in [-0.1, -0.05) is 11.6 Å². The van der Waals surface area contributed by atoms with Gasteiger partial charge in [0, 0.05) is 32.1 Å². The fourth-order valence-corrected chi connectivity index (χ4v) is 2.85. The third-order valence-corrected chi connectivity index (χ3v) is 3.62. The summed E-state index contributed by atoms with van der Waals surface area (Å²) in [6.45, 7) is 5.10. The minimum Gasteiger partial charge on any atom is -0.366 e. The van der Waals surface area contributed by atoms with E-state index < -0.39 is 0 Å². The zero-order valence-electron chi connectivity index (χ0n) is 11.4. The van der Waals surface area contributed by atoms with Crippen LogP contribution in [0.5, 0.6) is 0 Å². The zero-order valence-corrected chi connectivity index (χ0v) is 12.2. The molecule has 2 aromatic heterocycles. The average molecular weight is 294 g/mol. The van der Waals surface area contributed by atoms with Crippen LogP contribution in [0.25, 0.3) is 5.65 Å². The lowest BCUT2D eigenvalue weighted by molar-refractivity contribution is -0.119. The highest BCUT2D eigenvalue weighted by Crippen LogP contribution is 2.27. The van der Waals surface area contributed by atoms with Crippen molar-refractivity contribution < 1.29 is 4.79 Å². The molecule has 0 saturated carbocycles. The third kappa shape index (κ3) is 2.43. The molecular weight excluding hydrogens is 278 g/mol. The van der Waals surface area contributed by atoms with Crippen LogP contribution >= 0.6 is 11.6 Å². The molecule has 1 atom stereocenters. The summed E-state index contributed by atoms with van der Waals surface area (Å²) in [5.74, 6) is 0.00594. The molecule has 1 amide bonds. The van der Waals surface area contributed by atoms with Crippen molar-refractivity contribution in [1.29, 1.82) is 0 Å². The highest BCUT2D eigenvalue weighted by atomic mass is 35.5. The first-order chi connectivity index (χ1) is 9.52. The molecule has 1 aliphatic heterocycles. The number of anilines is 1. The van der Waals surface area contributed by atoms with E-state index >= 15 is 0 Å². The molecule has 0 aliphatic carbocycles. The topological polar surface area (TPSA) is 62.5 Å². The Kier molecular flexibility index (Phi) is 3.25. The van der Waals surface area contributed by atoms with Crippen molar-refractivity contribution in [3.05, 3.63) is 23.1 Å². The van der Waals surface area contributed by atoms with Gasteiger partial charge in [-0.25, -0.2) is 9.50 Å². The molecule has 1 fully saturated rings. The lowest BCUT2D eigenvalue weighted by Crippen LogP contribution is -2.35. The number of nitrogens with one attached hydrogen (secondary N) is 1. The second-order valence-electron chi connectivity index (χ2n) is 5.13. The molecule has 1 aliphatic rings. The van der Waals surface area contributed by atoms with E-state index in [0.29, 0.717) is 5.15 Å². The molecule has 1 N–H and O–H groups in total. The van der Waals surface area contributed by atoms with Crippen molar-refractivity contribution in [2.45, 2.75) is 26.3 Å². The number of hydrogen-bond acceptors (Lipinski definition) is 4. The van der Waals surface area contributed by atoms with Gasteiger partial charge >= 0.3 is 0 Å². The Morgan fingerprint density at radius 2 is 2.35 bits per heavy atom. The van der Waals surface area contributed by atoms with Gasteiger partial charge in [0.05, 0.1) is 17.6 Å². The molecule has 2 aromatic rings. The minimum atomic E-state index is 0.00594. The largest absolute Gasteiger partial charge is 0.366 e. The van der Waals surface area contributed by atoms with Crippen LogP contribution in [-0.2, 0) is 4.79 Å². The molecule has 106 valence electrons. The van der Waals surface area contributed by atoms with Gasteiger partial charge in [-0.2, -0.15) is 5.10 Å². The predicted octanol–water partition coefficient (Wildman–Crippen LogP) is 1.41. The summed E-state index contributed by atoms with van der Waals surface area (Å²) in [5.41, 5.74) is 2.67. The van der Waals surface area contributed by atoms with Gasteiger partial charge in [0.25, 0.3) is 0 Å². The number of rotatable bonds is 2. The molecule has 0 spiro atoms. The van der Waals surface area contributed by atoms with E-state index in [2.05, 4.69) is 20.3 Å². The molecule has 0 radical (unpaired) electrons. The number of fused-ring (bicyclic) bond motifs is 1. The fraction of sp³-hybridized carbons (Fsp3) is 0.462. The van der Waals surface area contributed by atoms with Gasteiger partial charge < -0.3 is 10.2 Å². The smallest absolute Gasteiger partial charge is 0.217 e. The lowest BCUT2D eigenvalue weighted by atomic mass is 10.2. The van der Waals surface area contributed by atoms with Crippen molar-refractivity contribution in [3.63, 3.8) is 0 Å². The zero-order chi connectivity index (χ0) is 14.3. The summed E-state index contributed by atoms with van der Waals surface area (Å²) in [7, 11) is 0. The number of carbonyl (C=O) groups is 1. The fourth-order valence-electron chi connectivity index (χ4n) is 2.66. The van der Waals surface area contributed by atoms with Gasteiger partial charge in [-0.05, 0) is 13.3 Å². The van der Waals surface area contributed by atoms with Crippen LogP contribution in [0, 0.1) is 6.92 Å². The van der Waals surface area contributed by atoms with Gasteiger partial charge in [0.15, 0.2) is 10.8 Å². The molecular formula is C13H16ClN5O. The van der Waals surface area contributed by atoms with Gasteiger partial charge in [-0.15, -0.1) is 0 Å². The number of aryl methyl sites for hydroxylation is 1. The second kappa shape index (κ2) is 4.94. The normalized spacial score (nSPS) is 18.8. The standard InChI is InChI=1S/C13H16ClN5O/c1-8-6-19-13(15-8)11(5-12(14)17-19)18-4-3-10(7-18)16-9(2)20/h5-6,10H,3-4,7H2,1-2H3,(H,16,20)/t10-/m1/s1. The van der Waals surface area contributed by atoms with Crippen LogP contribution in [0.15, 0.2) is 12.3 Å². The Labute approximate surface area is 121 Å². The van der Waals surface area contributed by atoms with E-state index in [4.69, 9.17) is 11.6 Å². The Hall–Kier alpha value is -1.82. The predicted molar refractivity (Wildman–Crippen MR) is 77.2 cm³/mol. The Balaban J connectivity index is 1.92. The van der Waals surface area contributed by atoms with Gasteiger partial charge in [-0.3, -0.25) is 4.79 Å². The van der Waals surface area contributed by atoms with Crippen molar-refractivity contribution in [3.8, 4) is 0 Å². The van der Waals surface area contributed by atoms with Crippen LogP contribution in [0.1, 0.15) is 19.0 Å². The summed E-state index contributed by atoms with van der Waals surface area (Å²) in [5, 5.41) is 7.61. The molecule has 1 saturated heterocycles. The number of carbonyl (C=O) groups excluding carboxylic acids is 1. The molecule has 20 heavy (non-hydrogen) atoms. The SMILES string of the molecule is CC(=O)N[C@@H]1CCN(c2cc(Cl)nn3cc(C)nc23)C1. The Bertz CT molecular complexity index is 668. The third-order valence-electron chi connectivity index (χ3n) is 3.43. The van der Waals surface area contributed by atoms with Crippen LogP contribution in [0.4, 0.5) is 5.69 Å². The van der Waals surface area contributed by atoms with E-state index in [1.807, 2.05) is 19.2 Å². The van der Waals surface area contributed by atoms with Crippen LogP contribution in [0.3, 0.4) is 0 Å². The quantitative estimate of drug-likeness (QED) is 0.909. The molecule has 7 heteroatoms. The van der Waals surface area contributed by atoms with Crippen molar-refractivity contribution in [2.75, 3.05) is 18.0 Å². The van der Waals surface area contributed by atoms with Gasteiger partial charge in [0.2, 0.25) is 5.91 Å². The first-order valence-electron chi connectivity index (χ1n) is 6.57. The number of hydrogen-bond donors (Lipinski definition) is 1. The number of halogens is 1.